The zero-order chi connectivity index (χ0) is 17.0. The second kappa shape index (κ2) is 7.58. The van der Waals surface area contributed by atoms with Gasteiger partial charge in [-0.15, -0.1) is 11.8 Å². The van der Waals surface area contributed by atoms with Gasteiger partial charge in [0.25, 0.3) is 5.91 Å². The van der Waals surface area contributed by atoms with Crippen LogP contribution in [0.15, 0.2) is 24.3 Å². The summed E-state index contributed by atoms with van der Waals surface area (Å²) in [6, 6.07) is 6.98. The van der Waals surface area contributed by atoms with Crippen molar-refractivity contribution in [1.82, 2.24) is 9.80 Å². The molecular weight excluding hydrogens is 332 g/mol. The zero-order valence-corrected chi connectivity index (χ0v) is 15.4. The minimum Gasteiger partial charge on any atom is -0.338 e. The molecule has 1 heterocycles. The Morgan fingerprint density at radius 3 is 2.30 bits per heavy atom. The number of hydrogen-bond acceptors (Lipinski definition) is 3. The smallest absolute Gasteiger partial charge is 0.254 e. The molecule has 2 rings (SSSR count). The summed E-state index contributed by atoms with van der Waals surface area (Å²) >= 11 is 7.59. The Hall–Kier alpha value is -1.20. The maximum absolute atomic E-state index is 12.4. The van der Waals surface area contributed by atoms with Crippen molar-refractivity contribution in [3.63, 3.8) is 0 Å². The lowest BCUT2D eigenvalue weighted by Crippen LogP contribution is -2.51. The predicted octanol–water partition coefficient (Wildman–Crippen LogP) is 3.16. The van der Waals surface area contributed by atoms with Crippen molar-refractivity contribution in [2.45, 2.75) is 25.5 Å². The van der Waals surface area contributed by atoms with Gasteiger partial charge in [0.15, 0.2) is 0 Å². The maximum Gasteiger partial charge on any atom is 0.254 e. The van der Waals surface area contributed by atoms with Crippen molar-refractivity contribution in [3.8, 4) is 0 Å². The summed E-state index contributed by atoms with van der Waals surface area (Å²) in [6.45, 7) is 8.63. The Morgan fingerprint density at radius 1 is 1.13 bits per heavy atom. The number of benzene rings is 1. The maximum atomic E-state index is 12.4. The summed E-state index contributed by atoms with van der Waals surface area (Å²) in [5.41, 5.74) is 0.598. The third-order valence-electron chi connectivity index (χ3n) is 3.62. The summed E-state index contributed by atoms with van der Waals surface area (Å²) in [7, 11) is 0. The van der Waals surface area contributed by atoms with E-state index in [0.29, 0.717) is 42.5 Å². The van der Waals surface area contributed by atoms with E-state index in [1.807, 2.05) is 4.90 Å². The van der Waals surface area contributed by atoms with Crippen molar-refractivity contribution in [2.75, 3.05) is 31.9 Å². The molecule has 1 aliphatic rings. The Kier molecular flexibility index (Phi) is 5.98. The SMILES string of the molecule is CC(C)(C)SCC(=O)N1CCN(C(=O)c2cccc(Cl)c2)CC1. The predicted molar refractivity (Wildman–Crippen MR) is 96.1 cm³/mol. The number of amides is 2. The number of carbonyl (C=O) groups excluding carboxylic acids is 2. The minimum absolute atomic E-state index is 0.0244. The van der Waals surface area contributed by atoms with Crippen LogP contribution in [0.3, 0.4) is 0 Å². The van der Waals surface area contributed by atoms with Crippen LogP contribution in [-0.2, 0) is 4.79 Å². The number of halogens is 1. The van der Waals surface area contributed by atoms with Crippen molar-refractivity contribution in [1.29, 1.82) is 0 Å². The molecule has 0 atom stereocenters. The van der Waals surface area contributed by atoms with E-state index in [1.54, 1.807) is 40.9 Å². The molecule has 1 fully saturated rings. The largest absolute Gasteiger partial charge is 0.338 e. The number of hydrogen-bond donors (Lipinski definition) is 0. The van der Waals surface area contributed by atoms with Gasteiger partial charge in [0.2, 0.25) is 5.91 Å². The van der Waals surface area contributed by atoms with E-state index in [1.165, 1.54) is 0 Å². The van der Waals surface area contributed by atoms with Gasteiger partial charge in [0.1, 0.15) is 0 Å². The Bertz CT molecular complexity index is 578. The number of rotatable bonds is 3. The summed E-state index contributed by atoms with van der Waals surface area (Å²) in [5.74, 6) is 0.620. The van der Waals surface area contributed by atoms with Gasteiger partial charge in [-0.25, -0.2) is 0 Å². The summed E-state index contributed by atoms with van der Waals surface area (Å²) in [5, 5.41) is 0.559. The fourth-order valence-corrected chi connectivity index (χ4v) is 3.26. The molecule has 126 valence electrons. The first-order valence-electron chi connectivity index (χ1n) is 7.73. The normalized spacial score (nSPS) is 15.7. The molecule has 0 unspecified atom stereocenters. The molecule has 0 spiro atoms. The second-order valence-corrected chi connectivity index (χ2v) is 8.82. The lowest BCUT2D eigenvalue weighted by atomic mass is 10.2. The van der Waals surface area contributed by atoms with Gasteiger partial charge in [-0.3, -0.25) is 9.59 Å². The van der Waals surface area contributed by atoms with E-state index >= 15 is 0 Å². The Balaban J connectivity index is 1.86. The molecule has 0 N–H and O–H groups in total. The van der Waals surface area contributed by atoms with Crippen LogP contribution >= 0.6 is 23.4 Å². The summed E-state index contributed by atoms with van der Waals surface area (Å²) < 4.78 is 0.0834. The monoisotopic (exact) mass is 354 g/mol. The molecule has 0 saturated carbocycles. The van der Waals surface area contributed by atoms with Crippen molar-refractivity contribution in [2.24, 2.45) is 0 Å². The quantitative estimate of drug-likeness (QED) is 0.837. The van der Waals surface area contributed by atoms with Crippen LogP contribution in [0, 0.1) is 0 Å². The van der Waals surface area contributed by atoms with Crippen molar-refractivity contribution < 1.29 is 9.59 Å². The third-order valence-corrected chi connectivity index (χ3v) is 5.11. The number of carbonyl (C=O) groups is 2. The first-order valence-corrected chi connectivity index (χ1v) is 9.09. The average Bonchev–Trinajstić information content (AvgIpc) is 2.51. The van der Waals surface area contributed by atoms with Crippen LogP contribution in [0.25, 0.3) is 0 Å². The first-order chi connectivity index (χ1) is 10.8. The molecule has 6 heteroatoms. The molecule has 1 aromatic rings. The number of thioether (sulfide) groups is 1. The van der Waals surface area contributed by atoms with E-state index in [2.05, 4.69) is 20.8 Å². The first kappa shape index (κ1) is 18.1. The fourth-order valence-electron chi connectivity index (χ4n) is 2.33. The van der Waals surface area contributed by atoms with Gasteiger partial charge >= 0.3 is 0 Å². The van der Waals surface area contributed by atoms with E-state index < -0.39 is 0 Å². The molecule has 23 heavy (non-hydrogen) atoms. The molecule has 0 radical (unpaired) electrons. The molecule has 4 nitrogen and oxygen atoms in total. The molecule has 0 aliphatic carbocycles. The van der Waals surface area contributed by atoms with Crippen molar-refractivity contribution >= 4 is 35.2 Å². The van der Waals surface area contributed by atoms with Gasteiger partial charge in [-0.2, -0.15) is 0 Å². The molecule has 2 amide bonds. The highest BCUT2D eigenvalue weighted by molar-refractivity contribution is 8.01. The van der Waals surface area contributed by atoms with Crippen LogP contribution < -0.4 is 0 Å². The average molecular weight is 355 g/mol. The molecule has 0 aromatic heterocycles. The van der Waals surface area contributed by atoms with Gasteiger partial charge < -0.3 is 9.80 Å². The highest BCUT2D eigenvalue weighted by atomic mass is 35.5. The Labute approximate surface area is 147 Å². The highest BCUT2D eigenvalue weighted by Crippen LogP contribution is 2.23. The van der Waals surface area contributed by atoms with Crippen LogP contribution in [-0.4, -0.2) is 58.3 Å². The van der Waals surface area contributed by atoms with Crippen molar-refractivity contribution in [3.05, 3.63) is 34.9 Å². The molecular formula is C17H23ClN2O2S. The van der Waals surface area contributed by atoms with E-state index in [0.717, 1.165) is 0 Å². The Morgan fingerprint density at radius 2 is 1.74 bits per heavy atom. The lowest BCUT2D eigenvalue weighted by Gasteiger charge is -2.35. The number of piperazine rings is 1. The van der Waals surface area contributed by atoms with Gasteiger partial charge in [-0.1, -0.05) is 38.4 Å². The van der Waals surface area contributed by atoms with Crippen LogP contribution in [0.2, 0.25) is 5.02 Å². The molecule has 1 aromatic carbocycles. The van der Waals surface area contributed by atoms with E-state index in [4.69, 9.17) is 11.6 Å². The molecule has 0 bridgehead atoms. The summed E-state index contributed by atoms with van der Waals surface area (Å²) in [4.78, 5) is 28.3. The molecule has 1 saturated heterocycles. The second-order valence-electron chi connectivity index (χ2n) is 6.58. The van der Waals surface area contributed by atoms with Gasteiger partial charge in [0.05, 0.1) is 5.75 Å². The van der Waals surface area contributed by atoms with Crippen LogP contribution in [0.1, 0.15) is 31.1 Å². The lowest BCUT2D eigenvalue weighted by molar-refractivity contribution is -0.129. The van der Waals surface area contributed by atoms with Gasteiger partial charge in [-0.05, 0) is 18.2 Å². The highest BCUT2D eigenvalue weighted by Gasteiger charge is 2.25. The standard InChI is InChI=1S/C17H23ClN2O2S/c1-17(2,3)23-12-15(21)19-7-9-20(10-8-19)16(22)13-5-4-6-14(18)11-13/h4-6,11H,7-10,12H2,1-3H3. The van der Waals surface area contributed by atoms with Crippen LogP contribution in [0.4, 0.5) is 0 Å². The third kappa shape index (κ3) is 5.43. The van der Waals surface area contributed by atoms with Gasteiger partial charge in [0, 0.05) is 41.5 Å². The minimum atomic E-state index is -0.0244. The van der Waals surface area contributed by atoms with Crippen LogP contribution in [0.5, 0.6) is 0 Å². The van der Waals surface area contributed by atoms with E-state index in [-0.39, 0.29) is 16.6 Å². The number of nitrogens with zero attached hydrogens (tertiary/aromatic N) is 2. The fraction of sp³-hybridized carbons (Fsp3) is 0.529. The topological polar surface area (TPSA) is 40.6 Å². The zero-order valence-electron chi connectivity index (χ0n) is 13.8. The molecule has 1 aliphatic heterocycles. The van der Waals surface area contributed by atoms with E-state index in [9.17, 15) is 9.59 Å². The summed E-state index contributed by atoms with van der Waals surface area (Å²) in [6.07, 6.45) is 0.